The molecule has 0 radical (unpaired) electrons. The molecule has 0 spiro atoms. The van der Waals surface area contributed by atoms with E-state index in [0.29, 0.717) is 37.6 Å². The number of nitrogens with one attached hydrogen (secondary N) is 1. The number of rotatable bonds is 9. The molecule has 0 saturated heterocycles. The third-order valence-corrected chi connectivity index (χ3v) is 6.58. The normalized spacial score (nSPS) is 18.2. The zero-order chi connectivity index (χ0) is 25.8. The Morgan fingerprint density at radius 2 is 1.78 bits per heavy atom. The lowest BCUT2D eigenvalue weighted by Crippen LogP contribution is -2.51. The van der Waals surface area contributed by atoms with Crippen LogP contribution in [-0.4, -0.2) is 45.9 Å². The fourth-order valence-electron chi connectivity index (χ4n) is 4.53. The van der Waals surface area contributed by atoms with Crippen molar-refractivity contribution in [1.29, 1.82) is 0 Å². The third-order valence-electron chi connectivity index (χ3n) is 6.58. The van der Waals surface area contributed by atoms with Crippen molar-refractivity contribution in [3.05, 3.63) is 83.4 Å². The van der Waals surface area contributed by atoms with Crippen molar-refractivity contribution in [1.82, 2.24) is 20.1 Å². The van der Waals surface area contributed by atoms with Gasteiger partial charge in [-0.1, -0.05) is 60.7 Å². The standard InChI is InChI=1S/C27H33N5O4/c1-26(2,28)24(33)29-21(18-36-17-19-10-6-4-7-11-19)23-31-30-22-16-27(25(34)35-3,14-15-32(22)23)20-12-8-5-9-13-20/h4-13,21H,14-18,28H2,1-3H3,(H,29,33)/t21-,27+/m1/s1. The molecule has 0 saturated carbocycles. The van der Waals surface area contributed by atoms with E-state index in [-0.39, 0.29) is 18.5 Å². The second-order valence-electron chi connectivity index (χ2n) is 9.74. The highest BCUT2D eigenvalue weighted by atomic mass is 16.5. The van der Waals surface area contributed by atoms with E-state index in [1.165, 1.54) is 7.11 Å². The van der Waals surface area contributed by atoms with E-state index in [0.717, 1.165) is 11.1 Å². The Kier molecular flexibility index (Phi) is 7.51. The lowest BCUT2D eigenvalue weighted by Gasteiger charge is -2.35. The average Bonchev–Trinajstić information content (AvgIpc) is 3.31. The summed E-state index contributed by atoms with van der Waals surface area (Å²) in [6.07, 6.45) is 0.847. The van der Waals surface area contributed by atoms with Crippen LogP contribution in [-0.2, 0) is 44.1 Å². The van der Waals surface area contributed by atoms with Gasteiger partial charge >= 0.3 is 5.97 Å². The van der Waals surface area contributed by atoms with E-state index in [1.54, 1.807) is 13.8 Å². The predicted molar refractivity (Wildman–Crippen MR) is 134 cm³/mol. The Morgan fingerprint density at radius 3 is 2.42 bits per heavy atom. The Bertz CT molecular complexity index is 1190. The molecular formula is C27H33N5O4. The van der Waals surface area contributed by atoms with Crippen LogP contribution in [0.15, 0.2) is 60.7 Å². The molecule has 1 amide bonds. The van der Waals surface area contributed by atoms with Gasteiger partial charge in [0.25, 0.3) is 0 Å². The molecule has 190 valence electrons. The lowest BCUT2D eigenvalue weighted by molar-refractivity contribution is -0.148. The SMILES string of the molecule is COC(=O)[C@@]1(c2ccccc2)CCn2c(nnc2[C@@H](COCc2ccccc2)NC(=O)C(C)(C)N)C1. The molecule has 3 aromatic rings. The number of nitrogens with zero attached hydrogens (tertiary/aromatic N) is 3. The summed E-state index contributed by atoms with van der Waals surface area (Å²) in [5.74, 6) is 0.601. The summed E-state index contributed by atoms with van der Waals surface area (Å²) in [4.78, 5) is 25.8. The number of fused-ring (bicyclic) bond motifs is 1. The number of methoxy groups -OCH3 is 1. The summed E-state index contributed by atoms with van der Waals surface area (Å²) in [5.41, 5.74) is 6.02. The molecule has 0 fully saturated rings. The highest BCUT2D eigenvalue weighted by Crippen LogP contribution is 2.38. The monoisotopic (exact) mass is 491 g/mol. The predicted octanol–water partition coefficient (Wildman–Crippen LogP) is 2.45. The maximum atomic E-state index is 13.0. The lowest BCUT2D eigenvalue weighted by atomic mass is 9.73. The van der Waals surface area contributed by atoms with Crippen LogP contribution in [0.4, 0.5) is 0 Å². The van der Waals surface area contributed by atoms with Gasteiger partial charge in [-0.3, -0.25) is 9.59 Å². The first-order chi connectivity index (χ1) is 17.2. The zero-order valence-electron chi connectivity index (χ0n) is 20.9. The molecule has 1 aliphatic heterocycles. The molecule has 0 aliphatic carbocycles. The van der Waals surface area contributed by atoms with Crippen LogP contribution in [0.2, 0.25) is 0 Å². The summed E-state index contributed by atoms with van der Waals surface area (Å²) < 4.78 is 13.1. The first-order valence-corrected chi connectivity index (χ1v) is 12.0. The van der Waals surface area contributed by atoms with Gasteiger partial charge in [0.15, 0.2) is 5.82 Å². The molecule has 2 aromatic carbocycles. The van der Waals surface area contributed by atoms with Crippen molar-refractivity contribution in [2.45, 2.75) is 56.8 Å². The first-order valence-electron chi connectivity index (χ1n) is 12.0. The number of ether oxygens (including phenoxy) is 2. The molecule has 0 bridgehead atoms. The van der Waals surface area contributed by atoms with E-state index in [4.69, 9.17) is 15.2 Å². The van der Waals surface area contributed by atoms with Crippen molar-refractivity contribution in [3.63, 3.8) is 0 Å². The maximum absolute atomic E-state index is 13.0. The van der Waals surface area contributed by atoms with Crippen LogP contribution < -0.4 is 11.1 Å². The van der Waals surface area contributed by atoms with Crippen LogP contribution >= 0.6 is 0 Å². The van der Waals surface area contributed by atoms with Gasteiger partial charge in [-0.15, -0.1) is 10.2 Å². The van der Waals surface area contributed by atoms with Gasteiger partial charge in [-0.25, -0.2) is 0 Å². The number of carbonyl (C=O) groups is 2. The highest BCUT2D eigenvalue weighted by Gasteiger charge is 2.46. The maximum Gasteiger partial charge on any atom is 0.316 e. The van der Waals surface area contributed by atoms with Crippen LogP contribution in [0.25, 0.3) is 0 Å². The van der Waals surface area contributed by atoms with Crippen molar-refractivity contribution in [2.24, 2.45) is 5.73 Å². The average molecular weight is 492 g/mol. The fourth-order valence-corrected chi connectivity index (χ4v) is 4.53. The Morgan fingerprint density at radius 1 is 1.11 bits per heavy atom. The number of carbonyl (C=O) groups excluding carboxylic acids is 2. The molecule has 3 N–H and O–H groups in total. The molecule has 9 nitrogen and oxygen atoms in total. The molecule has 2 atom stereocenters. The van der Waals surface area contributed by atoms with Crippen molar-refractivity contribution < 1.29 is 19.1 Å². The number of hydrogen-bond donors (Lipinski definition) is 2. The number of nitrogens with two attached hydrogens (primary N) is 1. The van der Waals surface area contributed by atoms with E-state index in [2.05, 4.69) is 15.5 Å². The third kappa shape index (κ3) is 5.32. The Hall–Kier alpha value is -3.56. The molecule has 1 aromatic heterocycles. The van der Waals surface area contributed by atoms with E-state index >= 15 is 0 Å². The largest absolute Gasteiger partial charge is 0.468 e. The van der Waals surface area contributed by atoms with E-state index in [1.807, 2.05) is 65.2 Å². The van der Waals surface area contributed by atoms with E-state index in [9.17, 15) is 9.59 Å². The summed E-state index contributed by atoms with van der Waals surface area (Å²) in [7, 11) is 1.40. The Labute approximate surface area is 211 Å². The quantitative estimate of drug-likeness (QED) is 0.441. The highest BCUT2D eigenvalue weighted by molar-refractivity contribution is 5.85. The van der Waals surface area contributed by atoms with Crippen LogP contribution in [0.3, 0.4) is 0 Å². The van der Waals surface area contributed by atoms with E-state index < -0.39 is 17.0 Å². The van der Waals surface area contributed by atoms with Gasteiger partial charge in [0.2, 0.25) is 5.91 Å². The molecule has 2 heterocycles. The second-order valence-corrected chi connectivity index (χ2v) is 9.74. The molecule has 4 rings (SSSR count). The van der Waals surface area contributed by atoms with Crippen LogP contribution in [0.5, 0.6) is 0 Å². The van der Waals surface area contributed by atoms with Gasteiger partial charge in [0.1, 0.15) is 17.3 Å². The topological polar surface area (TPSA) is 121 Å². The van der Waals surface area contributed by atoms with Crippen LogP contribution in [0, 0.1) is 0 Å². The molecule has 0 unspecified atom stereocenters. The van der Waals surface area contributed by atoms with Crippen molar-refractivity contribution >= 4 is 11.9 Å². The summed E-state index contributed by atoms with van der Waals surface area (Å²) in [5, 5.41) is 11.8. The smallest absolute Gasteiger partial charge is 0.316 e. The van der Waals surface area contributed by atoms with Crippen molar-refractivity contribution in [2.75, 3.05) is 13.7 Å². The minimum Gasteiger partial charge on any atom is -0.468 e. The zero-order valence-corrected chi connectivity index (χ0v) is 20.9. The number of amides is 1. The van der Waals surface area contributed by atoms with Crippen molar-refractivity contribution in [3.8, 4) is 0 Å². The number of aromatic nitrogens is 3. The summed E-state index contributed by atoms with van der Waals surface area (Å²) in [6.45, 7) is 4.36. The molecule has 36 heavy (non-hydrogen) atoms. The minimum atomic E-state index is -1.07. The molecular weight excluding hydrogens is 458 g/mol. The number of hydrogen-bond acceptors (Lipinski definition) is 7. The molecule has 9 heteroatoms. The summed E-state index contributed by atoms with van der Waals surface area (Å²) in [6, 6.07) is 18.9. The first kappa shape index (κ1) is 25.5. The fraction of sp³-hybridized carbons (Fsp3) is 0.407. The van der Waals surface area contributed by atoms with Crippen LogP contribution in [0.1, 0.15) is 49.1 Å². The second kappa shape index (κ2) is 10.6. The van der Waals surface area contributed by atoms with Gasteiger partial charge in [-0.2, -0.15) is 0 Å². The van der Waals surface area contributed by atoms with Gasteiger partial charge in [-0.05, 0) is 31.4 Å². The number of esters is 1. The Balaban J connectivity index is 1.60. The van der Waals surface area contributed by atoms with Gasteiger partial charge in [0, 0.05) is 13.0 Å². The molecule has 1 aliphatic rings. The number of benzene rings is 2. The van der Waals surface area contributed by atoms with Gasteiger partial charge in [0.05, 0.1) is 25.9 Å². The summed E-state index contributed by atoms with van der Waals surface area (Å²) >= 11 is 0. The minimum absolute atomic E-state index is 0.190. The van der Waals surface area contributed by atoms with Gasteiger partial charge < -0.3 is 25.1 Å².